The van der Waals surface area contributed by atoms with E-state index in [-0.39, 0.29) is 5.97 Å². The lowest BCUT2D eigenvalue weighted by molar-refractivity contribution is -0.142. The molecule has 0 spiro atoms. The molecule has 2 rings (SSSR count). The first-order valence-electron chi connectivity index (χ1n) is 8.25. The molecule has 0 saturated heterocycles. The molecule has 25 heavy (non-hydrogen) atoms. The highest BCUT2D eigenvalue weighted by Crippen LogP contribution is 2.24. The number of esters is 1. The highest BCUT2D eigenvalue weighted by Gasteiger charge is 2.23. The van der Waals surface area contributed by atoms with Gasteiger partial charge in [0.25, 0.3) is 0 Å². The Morgan fingerprint density at radius 1 is 1.08 bits per heavy atom. The average Bonchev–Trinajstić information content (AvgIpc) is 2.84. The predicted molar refractivity (Wildman–Crippen MR) is 96.5 cm³/mol. The molecule has 2 aromatic rings. The highest BCUT2D eigenvalue weighted by atomic mass is 16.6. The number of carbonyl (C=O) groups excluding carboxylic acids is 2. The molecule has 6 heteroatoms. The smallest absolute Gasteiger partial charge is 0.407 e. The van der Waals surface area contributed by atoms with Gasteiger partial charge in [-0.25, -0.2) is 4.79 Å². The molecule has 0 atom stereocenters. The first kappa shape index (κ1) is 18.8. The van der Waals surface area contributed by atoms with Gasteiger partial charge in [-0.1, -0.05) is 0 Å². The Bertz CT molecular complexity index is 779. The Labute approximate surface area is 147 Å². The molecule has 0 bridgehead atoms. The summed E-state index contributed by atoms with van der Waals surface area (Å²) in [6.45, 7) is 11.2. The molecule has 0 unspecified atom stereocenters. The maximum atomic E-state index is 12.0. The van der Waals surface area contributed by atoms with Crippen LogP contribution in [0.1, 0.15) is 47.2 Å². The SMILES string of the molecule is CC(C)(C)OC(=O)NCc1cc2cc(OC(=O)C(C)(C)C)ccc2[nH]1. The van der Waals surface area contributed by atoms with Crippen molar-refractivity contribution in [3.8, 4) is 5.75 Å². The number of fused-ring (bicyclic) bond motifs is 1. The summed E-state index contributed by atoms with van der Waals surface area (Å²) in [7, 11) is 0. The number of benzene rings is 1. The predicted octanol–water partition coefficient (Wildman–Crippen LogP) is 4.14. The Morgan fingerprint density at radius 3 is 2.36 bits per heavy atom. The second-order valence-electron chi connectivity index (χ2n) is 8.04. The number of aromatic amines is 1. The van der Waals surface area contributed by atoms with Crippen LogP contribution < -0.4 is 10.1 Å². The zero-order chi connectivity index (χ0) is 18.8. The van der Waals surface area contributed by atoms with E-state index in [0.717, 1.165) is 16.6 Å². The van der Waals surface area contributed by atoms with Crippen molar-refractivity contribution in [2.24, 2.45) is 5.41 Å². The van der Waals surface area contributed by atoms with E-state index in [0.29, 0.717) is 12.3 Å². The van der Waals surface area contributed by atoms with Crippen molar-refractivity contribution in [2.45, 2.75) is 53.7 Å². The summed E-state index contributed by atoms with van der Waals surface area (Å²) in [6.07, 6.45) is -0.467. The van der Waals surface area contributed by atoms with E-state index in [2.05, 4.69) is 10.3 Å². The molecule has 136 valence electrons. The van der Waals surface area contributed by atoms with Crippen molar-refractivity contribution in [3.05, 3.63) is 30.0 Å². The number of nitrogens with one attached hydrogen (secondary N) is 2. The van der Waals surface area contributed by atoms with Gasteiger partial charge in [0.15, 0.2) is 0 Å². The number of alkyl carbamates (subject to hydrolysis) is 1. The first-order chi connectivity index (χ1) is 11.4. The van der Waals surface area contributed by atoms with Crippen molar-refractivity contribution in [3.63, 3.8) is 0 Å². The minimum atomic E-state index is -0.560. The van der Waals surface area contributed by atoms with Crippen molar-refractivity contribution >= 4 is 23.0 Å². The number of hydrogen-bond donors (Lipinski definition) is 2. The van der Waals surface area contributed by atoms with E-state index in [1.54, 1.807) is 12.1 Å². The monoisotopic (exact) mass is 346 g/mol. The van der Waals surface area contributed by atoms with Crippen LogP contribution in [-0.4, -0.2) is 22.6 Å². The van der Waals surface area contributed by atoms with Gasteiger partial charge < -0.3 is 19.8 Å². The molecular weight excluding hydrogens is 320 g/mol. The van der Waals surface area contributed by atoms with Crippen LogP contribution in [0.4, 0.5) is 4.79 Å². The van der Waals surface area contributed by atoms with E-state index in [9.17, 15) is 9.59 Å². The van der Waals surface area contributed by atoms with Crippen LogP contribution in [0, 0.1) is 5.41 Å². The number of ether oxygens (including phenoxy) is 2. The topological polar surface area (TPSA) is 80.4 Å². The molecule has 1 heterocycles. The van der Waals surface area contributed by atoms with Crippen LogP contribution >= 0.6 is 0 Å². The summed E-state index contributed by atoms with van der Waals surface area (Å²) in [5.41, 5.74) is 0.642. The summed E-state index contributed by atoms with van der Waals surface area (Å²) < 4.78 is 10.6. The second-order valence-corrected chi connectivity index (χ2v) is 8.04. The van der Waals surface area contributed by atoms with Crippen molar-refractivity contribution in [1.82, 2.24) is 10.3 Å². The minimum Gasteiger partial charge on any atom is -0.444 e. The maximum absolute atomic E-state index is 12.0. The van der Waals surface area contributed by atoms with E-state index in [1.165, 1.54) is 0 Å². The van der Waals surface area contributed by atoms with Gasteiger partial charge in [-0.05, 0) is 65.8 Å². The van der Waals surface area contributed by atoms with E-state index in [1.807, 2.05) is 53.7 Å². The van der Waals surface area contributed by atoms with E-state index < -0.39 is 17.1 Å². The Morgan fingerprint density at radius 2 is 1.76 bits per heavy atom. The molecule has 1 aromatic heterocycles. The quantitative estimate of drug-likeness (QED) is 0.646. The van der Waals surface area contributed by atoms with Gasteiger partial charge in [-0.15, -0.1) is 0 Å². The van der Waals surface area contributed by atoms with Crippen LogP contribution in [0.25, 0.3) is 10.9 Å². The normalized spacial score (nSPS) is 12.1. The molecule has 0 aliphatic heterocycles. The van der Waals surface area contributed by atoms with Gasteiger partial charge >= 0.3 is 12.1 Å². The third-order valence-corrected chi connectivity index (χ3v) is 3.29. The molecule has 1 amide bonds. The summed E-state index contributed by atoms with van der Waals surface area (Å²) in [5.74, 6) is 0.215. The number of hydrogen-bond acceptors (Lipinski definition) is 4. The van der Waals surface area contributed by atoms with Crippen molar-refractivity contribution in [2.75, 3.05) is 0 Å². The van der Waals surface area contributed by atoms with Gasteiger partial charge in [-0.2, -0.15) is 0 Å². The number of rotatable bonds is 3. The maximum Gasteiger partial charge on any atom is 0.407 e. The molecule has 0 radical (unpaired) electrons. The van der Waals surface area contributed by atoms with Gasteiger partial charge in [-0.3, -0.25) is 4.79 Å². The Balaban J connectivity index is 2.05. The highest BCUT2D eigenvalue weighted by molar-refractivity contribution is 5.84. The number of amides is 1. The van der Waals surface area contributed by atoms with Crippen LogP contribution in [-0.2, 0) is 16.1 Å². The summed E-state index contributed by atoms with van der Waals surface area (Å²) >= 11 is 0. The van der Waals surface area contributed by atoms with Crippen molar-refractivity contribution in [1.29, 1.82) is 0 Å². The van der Waals surface area contributed by atoms with Gasteiger partial charge in [0.05, 0.1) is 12.0 Å². The molecule has 6 nitrogen and oxygen atoms in total. The fourth-order valence-corrected chi connectivity index (χ4v) is 2.07. The average molecular weight is 346 g/mol. The van der Waals surface area contributed by atoms with Crippen LogP contribution in [0.3, 0.4) is 0 Å². The third kappa shape index (κ3) is 5.52. The van der Waals surface area contributed by atoms with Gasteiger partial charge in [0, 0.05) is 16.6 Å². The third-order valence-electron chi connectivity index (χ3n) is 3.29. The number of aromatic nitrogens is 1. The number of carbonyl (C=O) groups is 2. The Hall–Kier alpha value is -2.50. The molecule has 0 aliphatic carbocycles. The molecular formula is C19H26N2O4. The zero-order valence-corrected chi connectivity index (χ0v) is 15.6. The zero-order valence-electron chi connectivity index (χ0n) is 15.6. The van der Waals surface area contributed by atoms with E-state index in [4.69, 9.17) is 9.47 Å². The summed E-state index contributed by atoms with van der Waals surface area (Å²) in [5, 5.41) is 3.61. The standard InChI is InChI=1S/C19H26N2O4/c1-18(2,3)16(22)24-14-7-8-15-12(10-14)9-13(21-15)11-20-17(23)25-19(4,5)6/h7-10,21H,11H2,1-6H3,(H,20,23). The van der Waals surface area contributed by atoms with Crippen LogP contribution in [0.15, 0.2) is 24.3 Å². The minimum absolute atomic E-state index is 0.283. The summed E-state index contributed by atoms with van der Waals surface area (Å²) in [6, 6.07) is 7.29. The fourth-order valence-electron chi connectivity index (χ4n) is 2.07. The molecule has 0 aliphatic rings. The van der Waals surface area contributed by atoms with Gasteiger partial charge in [0.1, 0.15) is 11.4 Å². The largest absolute Gasteiger partial charge is 0.444 e. The summed E-state index contributed by atoms with van der Waals surface area (Å²) in [4.78, 5) is 26.9. The first-order valence-corrected chi connectivity index (χ1v) is 8.25. The van der Waals surface area contributed by atoms with Crippen LogP contribution in [0.5, 0.6) is 5.75 Å². The van der Waals surface area contributed by atoms with E-state index >= 15 is 0 Å². The fraction of sp³-hybridized carbons (Fsp3) is 0.474. The van der Waals surface area contributed by atoms with Crippen LogP contribution in [0.2, 0.25) is 0 Å². The lowest BCUT2D eigenvalue weighted by atomic mass is 9.97. The molecule has 0 fully saturated rings. The second kappa shape index (κ2) is 6.78. The Kier molecular flexibility index (Phi) is 5.11. The molecule has 2 N–H and O–H groups in total. The van der Waals surface area contributed by atoms with Crippen molar-refractivity contribution < 1.29 is 19.1 Å². The van der Waals surface area contributed by atoms with Gasteiger partial charge in [0.2, 0.25) is 0 Å². The lowest BCUT2D eigenvalue weighted by Crippen LogP contribution is -2.32. The molecule has 0 saturated carbocycles. The molecule has 1 aromatic carbocycles. The lowest BCUT2D eigenvalue weighted by Gasteiger charge is -2.19. The number of H-pyrrole nitrogens is 1.